The normalized spacial score (nSPS) is 11.5. The Bertz CT molecular complexity index is 1350. The van der Waals surface area contributed by atoms with Gasteiger partial charge in [0.05, 0.1) is 11.4 Å². The highest BCUT2D eigenvalue weighted by Gasteiger charge is 2.21. The van der Waals surface area contributed by atoms with Crippen LogP contribution in [-0.2, 0) is 48.7 Å². The number of hydrogen-bond donors (Lipinski definition) is 4. The predicted molar refractivity (Wildman–Crippen MR) is 171 cm³/mol. The van der Waals surface area contributed by atoms with Crippen molar-refractivity contribution in [1.29, 1.82) is 0 Å². The Balaban J connectivity index is 1.49. The van der Waals surface area contributed by atoms with Crippen LogP contribution in [0.25, 0.3) is 0 Å². The van der Waals surface area contributed by atoms with Crippen LogP contribution >= 0.6 is 0 Å². The van der Waals surface area contributed by atoms with Crippen molar-refractivity contribution in [3.63, 3.8) is 0 Å². The Labute approximate surface area is 271 Å². The summed E-state index contributed by atoms with van der Waals surface area (Å²) in [4.78, 5) is 53.9. The lowest BCUT2D eigenvalue weighted by Gasteiger charge is -2.20. The number of nitrogens with two attached hydrogens (primary N) is 1. The third-order valence-corrected chi connectivity index (χ3v) is 8.38. The molecule has 0 unspecified atom stereocenters. The van der Waals surface area contributed by atoms with Crippen LogP contribution in [0.5, 0.6) is 0 Å². The van der Waals surface area contributed by atoms with E-state index in [0.717, 1.165) is 68.4 Å². The number of benzene rings is 1. The molecule has 0 aliphatic carbocycles. The molecule has 0 bridgehead atoms. The van der Waals surface area contributed by atoms with Gasteiger partial charge in [0, 0.05) is 25.4 Å². The molecule has 14 nitrogen and oxygen atoms in total. The van der Waals surface area contributed by atoms with Crippen molar-refractivity contribution in [3.8, 4) is 0 Å². The first-order chi connectivity index (χ1) is 21.8. The van der Waals surface area contributed by atoms with Crippen LogP contribution in [0.1, 0.15) is 75.6 Å². The summed E-state index contributed by atoms with van der Waals surface area (Å²) < 4.78 is 24.2. The van der Waals surface area contributed by atoms with Gasteiger partial charge in [0.15, 0.2) is 0 Å². The molecular weight excluding hydrogens is 616 g/mol. The summed E-state index contributed by atoms with van der Waals surface area (Å²) in [6.07, 6.45) is 14.0. The van der Waals surface area contributed by atoms with Gasteiger partial charge in [0.1, 0.15) is 25.5 Å². The van der Waals surface area contributed by atoms with Gasteiger partial charge < -0.3 is 25.0 Å². The molecule has 2 aromatic rings. The molecule has 0 aliphatic rings. The number of carboxylic acids is 2. The summed E-state index contributed by atoms with van der Waals surface area (Å²) in [6.45, 7) is 0.331. The van der Waals surface area contributed by atoms with E-state index in [2.05, 4.69) is 15.2 Å². The Morgan fingerprint density at radius 3 is 2.02 bits per heavy atom. The van der Waals surface area contributed by atoms with Crippen molar-refractivity contribution in [2.24, 2.45) is 5.14 Å². The number of unbranched alkanes of at least 4 members (excludes halogenated alkanes) is 8. The van der Waals surface area contributed by atoms with E-state index < -0.39 is 41.0 Å². The minimum absolute atomic E-state index is 0.0294. The second-order valence-corrected chi connectivity index (χ2v) is 13.0. The lowest BCUT2D eigenvalue weighted by molar-refractivity contribution is -0.149. The van der Waals surface area contributed by atoms with E-state index in [4.69, 9.17) is 15.4 Å². The van der Waals surface area contributed by atoms with Crippen molar-refractivity contribution in [1.82, 2.24) is 24.7 Å². The molecule has 1 aromatic heterocycles. The number of nitrogens with one attached hydrogen (secondary N) is 1. The van der Waals surface area contributed by atoms with Gasteiger partial charge in [-0.15, -0.1) is 0 Å². The van der Waals surface area contributed by atoms with Crippen molar-refractivity contribution in [3.05, 3.63) is 48.0 Å². The average Bonchev–Trinajstić information content (AvgIpc) is 3.40. The van der Waals surface area contributed by atoms with E-state index >= 15 is 0 Å². The third kappa shape index (κ3) is 16.0. The average molecular weight is 665 g/mol. The molecule has 2 rings (SSSR count). The molecule has 256 valence electrons. The predicted octanol–water partition coefficient (Wildman–Crippen LogP) is 2.22. The molecule has 0 fully saturated rings. The molecule has 0 saturated heterocycles. The summed E-state index contributed by atoms with van der Waals surface area (Å²) in [5.74, 6) is -2.47. The summed E-state index contributed by atoms with van der Waals surface area (Å²) in [7, 11) is -1.73. The molecule has 1 aromatic carbocycles. The zero-order chi connectivity index (χ0) is 34.0. The Morgan fingerprint density at radius 2 is 1.46 bits per heavy atom. The fourth-order valence-electron chi connectivity index (χ4n) is 4.95. The largest absolute Gasteiger partial charge is 0.480 e. The SMILES string of the molecule is CN(CCCCCCCCCCCC(=O)NCCc1ccc(S(N)(=O)=O)cc1)Cc1nccn1CC(=O)N(CC(=O)O)CC(=O)O. The number of sulfonamides is 1. The minimum atomic E-state index is -3.70. The first-order valence-electron chi connectivity index (χ1n) is 15.6. The molecule has 15 heteroatoms. The molecule has 2 amide bonds. The van der Waals surface area contributed by atoms with Crippen LogP contribution in [-0.4, -0.2) is 95.0 Å². The van der Waals surface area contributed by atoms with Crippen LogP contribution in [0.4, 0.5) is 0 Å². The first-order valence-corrected chi connectivity index (χ1v) is 17.2. The molecule has 0 aliphatic heterocycles. The molecule has 0 atom stereocenters. The number of imidazole rings is 1. The van der Waals surface area contributed by atoms with Crippen LogP contribution in [0.15, 0.2) is 41.6 Å². The minimum Gasteiger partial charge on any atom is -0.480 e. The van der Waals surface area contributed by atoms with Crippen molar-refractivity contribution < 1.29 is 37.8 Å². The van der Waals surface area contributed by atoms with E-state index in [1.807, 2.05) is 7.05 Å². The number of hydrogen-bond acceptors (Lipinski definition) is 8. The van der Waals surface area contributed by atoms with Gasteiger partial charge in [-0.3, -0.25) is 24.1 Å². The number of carboxylic acid groups (broad SMARTS) is 2. The zero-order valence-corrected chi connectivity index (χ0v) is 27.4. The molecule has 46 heavy (non-hydrogen) atoms. The van der Waals surface area contributed by atoms with Crippen molar-refractivity contribution >= 4 is 33.8 Å². The summed E-state index contributed by atoms with van der Waals surface area (Å²) in [5.41, 5.74) is 0.929. The van der Waals surface area contributed by atoms with E-state index in [1.54, 1.807) is 29.1 Å². The van der Waals surface area contributed by atoms with Gasteiger partial charge in [0.25, 0.3) is 0 Å². The highest BCUT2D eigenvalue weighted by atomic mass is 32.2. The fourth-order valence-corrected chi connectivity index (χ4v) is 5.46. The topological polar surface area (TPSA) is 205 Å². The lowest BCUT2D eigenvalue weighted by Crippen LogP contribution is -2.41. The van der Waals surface area contributed by atoms with E-state index in [0.29, 0.717) is 31.8 Å². The molecule has 0 saturated carbocycles. The lowest BCUT2D eigenvalue weighted by atomic mass is 10.1. The van der Waals surface area contributed by atoms with Crippen LogP contribution in [0, 0.1) is 0 Å². The summed E-state index contributed by atoms with van der Waals surface area (Å²) in [5, 5.41) is 26.0. The van der Waals surface area contributed by atoms with Crippen LogP contribution < -0.4 is 10.5 Å². The first kappa shape index (κ1) is 38.4. The number of nitrogens with zero attached hydrogens (tertiary/aromatic N) is 4. The molecule has 5 N–H and O–H groups in total. The summed E-state index contributed by atoms with van der Waals surface area (Å²) >= 11 is 0. The van der Waals surface area contributed by atoms with Crippen molar-refractivity contribution in [2.45, 2.75) is 88.6 Å². The monoisotopic (exact) mass is 664 g/mol. The Hall–Kier alpha value is -3.82. The maximum absolute atomic E-state index is 12.5. The van der Waals surface area contributed by atoms with Gasteiger partial charge >= 0.3 is 11.9 Å². The maximum atomic E-state index is 12.5. The maximum Gasteiger partial charge on any atom is 0.323 e. The van der Waals surface area contributed by atoms with Crippen LogP contribution in [0.2, 0.25) is 0 Å². The fraction of sp³-hybridized carbons (Fsp3) is 0.581. The number of carbonyl (C=O) groups is 4. The van der Waals surface area contributed by atoms with Crippen molar-refractivity contribution in [2.75, 3.05) is 33.2 Å². The second-order valence-electron chi connectivity index (χ2n) is 11.5. The number of primary sulfonamides is 1. The smallest absolute Gasteiger partial charge is 0.323 e. The third-order valence-electron chi connectivity index (χ3n) is 7.45. The molecule has 1 heterocycles. The Morgan fingerprint density at radius 1 is 0.891 bits per heavy atom. The number of aliphatic carboxylic acids is 2. The van der Waals surface area contributed by atoms with E-state index in [-0.39, 0.29) is 17.3 Å². The number of rotatable bonds is 24. The Kier molecular flexibility index (Phi) is 17.0. The van der Waals surface area contributed by atoms with Gasteiger partial charge in [-0.1, -0.05) is 57.1 Å². The van der Waals surface area contributed by atoms with Gasteiger partial charge in [-0.2, -0.15) is 0 Å². The van der Waals surface area contributed by atoms with E-state index in [1.165, 1.54) is 18.6 Å². The van der Waals surface area contributed by atoms with Crippen LogP contribution in [0.3, 0.4) is 0 Å². The zero-order valence-electron chi connectivity index (χ0n) is 26.6. The highest BCUT2D eigenvalue weighted by molar-refractivity contribution is 7.89. The molecule has 0 radical (unpaired) electrons. The van der Waals surface area contributed by atoms with Gasteiger partial charge in [-0.25, -0.2) is 18.5 Å². The second kappa shape index (κ2) is 20.3. The van der Waals surface area contributed by atoms with E-state index in [9.17, 15) is 27.6 Å². The molecular formula is C31H48N6O8S. The number of aromatic nitrogens is 2. The summed E-state index contributed by atoms with van der Waals surface area (Å²) in [6, 6.07) is 6.34. The quantitative estimate of drug-likeness (QED) is 0.120. The highest BCUT2D eigenvalue weighted by Crippen LogP contribution is 2.12. The molecule has 0 spiro atoms. The standard InChI is InChI=1S/C31H48N6O8S/c1-35(21-27-33-18-20-36(27)22-29(39)37(23-30(40)41)24-31(42)43)19-10-8-6-4-2-3-5-7-9-11-28(38)34-17-16-25-12-14-26(15-13-25)46(32,44)45/h12-15,18,20H,2-11,16-17,19,21-24H2,1H3,(H,34,38)(H,40,41)(H,42,43)(H2,32,44,45). The van der Waals surface area contributed by atoms with Gasteiger partial charge in [-0.05, 0) is 50.6 Å². The number of carbonyl (C=O) groups excluding carboxylic acids is 2. The van der Waals surface area contributed by atoms with Gasteiger partial charge in [0.2, 0.25) is 21.8 Å². The number of amides is 2.